The summed E-state index contributed by atoms with van der Waals surface area (Å²) in [7, 11) is 0. The number of hydrogen-bond acceptors (Lipinski definition) is 8. The summed E-state index contributed by atoms with van der Waals surface area (Å²) in [6.45, 7) is 1.47. The topological polar surface area (TPSA) is 156 Å². The van der Waals surface area contributed by atoms with Crippen molar-refractivity contribution in [3.8, 4) is 17.4 Å². The van der Waals surface area contributed by atoms with E-state index in [0.29, 0.717) is 48.2 Å². The minimum atomic E-state index is -0.499. The van der Waals surface area contributed by atoms with E-state index in [-0.39, 0.29) is 11.6 Å². The SMILES string of the molecule is O=c1[nH]c(O)c(C=c2cnn3c(=[NH+]C4CC4)nc(NCc4cccc5c4OCCO5)nc23)[nH]1. The smallest absolute Gasteiger partial charge is 0.421 e. The van der Waals surface area contributed by atoms with Gasteiger partial charge in [-0.2, -0.15) is 4.98 Å². The van der Waals surface area contributed by atoms with Gasteiger partial charge in [0.05, 0.1) is 17.5 Å². The van der Waals surface area contributed by atoms with Crippen LogP contribution in [-0.2, 0) is 6.54 Å². The first kappa shape index (κ1) is 19.3. The molecule has 3 aromatic heterocycles. The van der Waals surface area contributed by atoms with Gasteiger partial charge in [0.25, 0.3) is 0 Å². The van der Waals surface area contributed by atoms with E-state index in [4.69, 9.17) is 9.47 Å². The highest BCUT2D eigenvalue weighted by Gasteiger charge is 2.24. The zero-order valence-corrected chi connectivity index (χ0v) is 17.5. The summed E-state index contributed by atoms with van der Waals surface area (Å²) in [5, 5.41) is 18.2. The number of fused-ring (bicyclic) bond motifs is 2. The highest BCUT2D eigenvalue weighted by molar-refractivity contribution is 5.57. The van der Waals surface area contributed by atoms with Crippen molar-refractivity contribution in [3.05, 3.63) is 57.0 Å². The molecule has 4 aromatic rings. The van der Waals surface area contributed by atoms with Crippen molar-refractivity contribution in [3.63, 3.8) is 0 Å². The molecule has 12 nitrogen and oxygen atoms in total. The van der Waals surface area contributed by atoms with E-state index >= 15 is 0 Å². The quantitative estimate of drug-likeness (QED) is 0.232. The zero-order chi connectivity index (χ0) is 22.4. The molecule has 1 aliphatic heterocycles. The fourth-order valence-electron chi connectivity index (χ4n) is 3.67. The van der Waals surface area contributed by atoms with Crippen molar-refractivity contribution in [2.24, 2.45) is 0 Å². The first-order chi connectivity index (χ1) is 16.1. The van der Waals surface area contributed by atoms with Crippen molar-refractivity contribution < 1.29 is 19.6 Å². The van der Waals surface area contributed by atoms with Crippen molar-refractivity contribution in [1.29, 1.82) is 0 Å². The van der Waals surface area contributed by atoms with E-state index in [9.17, 15) is 9.90 Å². The largest absolute Gasteiger partial charge is 0.493 e. The summed E-state index contributed by atoms with van der Waals surface area (Å²) in [6, 6.07) is 6.12. The molecule has 0 bridgehead atoms. The minimum Gasteiger partial charge on any atom is -0.493 e. The normalized spacial score (nSPS) is 16.5. The van der Waals surface area contributed by atoms with Gasteiger partial charge in [0.1, 0.15) is 18.9 Å². The molecule has 12 heteroatoms. The van der Waals surface area contributed by atoms with E-state index < -0.39 is 5.69 Å². The van der Waals surface area contributed by atoms with E-state index in [1.807, 2.05) is 18.2 Å². The monoisotopic (exact) mass is 449 g/mol. The number of aromatic nitrogens is 6. The average molecular weight is 449 g/mol. The molecular formula is C21H21N8O4+. The van der Waals surface area contributed by atoms with Crippen molar-refractivity contribution >= 4 is 17.7 Å². The van der Waals surface area contributed by atoms with Gasteiger partial charge in [-0.15, -0.1) is 5.10 Å². The molecule has 1 aromatic carbocycles. The number of aromatic hydroxyl groups is 1. The molecule has 0 amide bonds. The Hall–Kier alpha value is -4.35. The summed E-state index contributed by atoms with van der Waals surface area (Å²) in [6.07, 6.45) is 5.35. The van der Waals surface area contributed by atoms with Gasteiger partial charge in [0.2, 0.25) is 11.5 Å². The second-order valence-corrected chi connectivity index (χ2v) is 7.91. The summed E-state index contributed by atoms with van der Waals surface area (Å²) in [5.74, 6) is 1.60. The molecule has 1 saturated carbocycles. The molecule has 0 radical (unpaired) electrons. The fraction of sp³-hybridized carbons (Fsp3) is 0.286. The lowest BCUT2D eigenvalue weighted by Gasteiger charge is -2.20. The number of aromatic amines is 2. The number of ether oxygens (including phenoxy) is 2. The number of anilines is 1. The molecular weight excluding hydrogens is 428 g/mol. The van der Waals surface area contributed by atoms with Crippen molar-refractivity contribution in [1.82, 2.24) is 29.5 Å². The second kappa shape index (κ2) is 7.65. The molecule has 2 aliphatic rings. The highest BCUT2D eigenvalue weighted by Crippen LogP contribution is 2.33. The fourth-order valence-corrected chi connectivity index (χ4v) is 3.67. The Balaban J connectivity index is 1.41. The van der Waals surface area contributed by atoms with Crippen LogP contribution in [0.4, 0.5) is 5.95 Å². The van der Waals surface area contributed by atoms with Crippen LogP contribution in [0.1, 0.15) is 24.1 Å². The van der Waals surface area contributed by atoms with E-state index in [2.05, 4.69) is 35.3 Å². The van der Waals surface area contributed by atoms with Crippen LogP contribution >= 0.6 is 0 Å². The number of imidazole rings is 1. The van der Waals surface area contributed by atoms with Crippen LogP contribution in [0.15, 0.2) is 29.2 Å². The zero-order valence-electron chi connectivity index (χ0n) is 17.5. The molecule has 5 N–H and O–H groups in total. The number of benzene rings is 1. The lowest BCUT2D eigenvalue weighted by molar-refractivity contribution is -0.523. The van der Waals surface area contributed by atoms with Crippen LogP contribution in [0.2, 0.25) is 0 Å². The Morgan fingerprint density at radius 3 is 2.94 bits per heavy atom. The van der Waals surface area contributed by atoms with E-state index in [1.54, 1.807) is 16.8 Å². The van der Waals surface area contributed by atoms with Gasteiger partial charge in [-0.05, 0) is 30.0 Å². The molecule has 1 fully saturated rings. The number of rotatable bonds is 5. The van der Waals surface area contributed by atoms with Crippen molar-refractivity contribution in [2.75, 3.05) is 18.5 Å². The van der Waals surface area contributed by atoms with Gasteiger partial charge >= 0.3 is 17.3 Å². The predicted octanol–water partition coefficient (Wildman–Crippen LogP) is -2.08. The van der Waals surface area contributed by atoms with Gasteiger partial charge in [-0.3, -0.25) is 9.98 Å². The first-order valence-corrected chi connectivity index (χ1v) is 10.6. The van der Waals surface area contributed by atoms with Gasteiger partial charge in [0.15, 0.2) is 11.5 Å². The minimum absolute atomic E-state index is 0.243. The lowest BCUT2D eigenvalue weighted by Crippen LogP contribution is -2.80. The number of H-pyrrole nitrogens is 2. The van der Waals surface area contributed by atoms with Crippen LogP contribution in [0.25, 0.3) is 11.7 Å². The second-order valence-electron chi connectivity index (χ2n) is 7.91. The molecule has 0 unspecified atom stereocenters. The number of nitrogens with zero attached hydrogens (tertiary/aromatic N) is 4. The molecule has 33 heavy (non-hydrogen) atoms. The van der Waals surface area contributed by atoms with Crippen LogP contribution in [0.3, 0.4) is 0 Å². The Labute approximate surface area is 185 Å². The summed E-state index contributed by atoms with van der Waals surface area (Å²) < 4.78 is 13.1. The highest BCUT2D eigenvalue weighted by atomic mass is 16.6. The molecule has 6 rings (SSSR count). The van der Waals surface area contributed by atoms with Gasteiger partial charge in [-0.1, -0.05) is 16.6 Å². The van der Waals surface area contributed by atoms with Crippen LogP contribution in [0.5, 0.6) is 17.4 Å². The summed E-state index contributed by atoms with van der Waals surface area (Å²) in [4.78, 5) is 29.0. The van der Waals surface area contributed by atoms with Crippen LogP contribution in [-0.4, -0.2) is 53.9 Å². The number of hydrogen-bond donors (Lipinski definition) is 5. The third-order valence-corrected chi connectivity index (χ3v) is 5.43. The molecule has 168 valence electrons. The Kier molecular flexibility index (Phi) is 4.49. The molecule has 1 aliphatic carbocycles. The van der Waals surface area contributed by atoms with E-state index in [0.717, 1.165) is 29.9 Å². The Bertz CT molecular complexity index is 1530. The summed E-state index contributed by atoms with van der Waals surface area (Å²) >= 11 is 0. The first-order valence-electron chi connectivity index (χ1n) is 10.6. The molecule has 0 spiro atoms. The standard InChI is InChI=1S/C21H20N8O4/c30-18-14(25-21(31)27-18)8-12-10-23-29-17(12)26-19(28-20(29)24-13-4-5-13)22-9-11-2-1-3-15-16(11)33-7-6-32-15/h1-3,8,10,13,30H,4-7,9H2,(H,22,24,28)(H2,25,27,31)/p+1. The third kappa shape index (κ3) is 3.75. The maximum Gasteiger partial charge on any atom is 0.421 e. The predicted molar refractivity (Wildman–Crippen MR) is 115 cm³/mol. The average Bonchev–Trinajstić information content (AvgIpc) is 3.46. The van der Waals surface area contributed by atoms with Crippen molar-refractivity contribution in [2.45, 2.75) is 25.4 Å². The van der Waals surface area contributed by atoms with Crippen LogP contribution in [0, 0.1) is 0 Å². The molecule has 4 heterocycles. The van der Waals surface area contributed by atoms with E-state index in [1.165, 1.54) is 0 Å². The Morgan fingerprint density at radius 1 is 1.24 bits per heavy atom. The van der Waals surface area contributed by atoms with Gasteiger partial charge < -0.3 is 24.9 Å². The number of nitrogens with one attached hydrogen (secondary N) is 4. The molecule has 0 saturated heterocycles. The number of para-hydroxylation sites is 1. The third-order valence-electron chi connectivity index (χ3n) is 5.43. The van der Waals surface area contributed by atoms with Gasteiger partial charge in [-0.25, -0.2) is 4.79 Å². The lowest BCUT2D eigenvalue weighted by atomic mass is 10.1. The maximum absolute atomic E-state index is 11.5. The van der Waals surface area contributed by atoms with Gasteiger partial charge in [0, 0.05) is 12.1 Å². The maximum atomic E-state index is 11.5. The van der Waals surface area contributed by atoms with Crippen LogP contribution < -0.4 is 36.3 Å². The Morgan fingerprint density at radius 2 is 2.12 bits per heavy atom. The molecule has 0 atom stereocenters. The summed E-state index contributed by atoms with van der Waals surface area (Å²) in [5.41, 5.74) is 1.76.